The van der Waals surface area contributed by atoms with Crippen LogP contribution in [0, 0.1) is 0 Å². The Morgan fingerprint density at radius 2 is 2.25 bits per heavy atom. The van der Waals surface area contributed by atoms with E-state index in [4.69, 9.17) is 4.74 Å². The van der Waals surface area contributed by atoms with Gasteiger partial charge >= 0.3 is 0 Å². The van der Waals surface area contributed by atoms with Gasteiger partial charge in [0.2, 0.25) is 0 Å². The number of ether oxygens (including phenoxy) is 1. The Hall–Kier alpha value is -0.630. The van der Waals surface area contributed by atoms with E-state index in [9.17, 15) is 4.79 Å². The molecule has 68 valence electrons. The quantitative estimate of drug-likeness (QED) is 0.263. The highest BCUT2D eigenvalue weighted by atomic mass is 16.6. The second-order valence-corrected chi connectivity index (χ2v) is 3.16. The van der Waals surface area contributed by atoms with Crippen molar-refractivity contribution in [2.24, 2.45) is 0 Å². The summed E-state index contributed by atoms with van der Waals surface area (Å²) in [6.45, 7) is 2.19. The van der Waals surface area contributed by atoms with Crippen LogP contribution in [-0.4, -0.2) is 18.5 Å². The summed E-state index contributed by atoms with van der Waals surface area (Å²) in [4.78, 5) is 9.96. The van der Waals surface area contributed by atoms with Crippen molar-refractivity contribution in [2.75, 3.05) is 0 Å². The maximum absolute atomic E-state index is 9.96. The lowest BCUT2D eigenvalue weighted by atomic mass is 10.1. The van der Waals surface area contributed by atoms with Crippen molar-refractivity contribution >= 4 is 6.29 Å². The molecule has 12 heavy (non-hydrogen) atoms. The standard InChI is InChI=1S/C10H16O2/c1-2-3-4-6-9-10(12-9)7-5-8-11/h5,7-10H,2-4,6H2,1H3/b7-5+/t9-,10-/m0/s1. The first-order chi connectivity index (χ1) is 5.88. The molecule has 0 saturated carbocycles. The molecule has 0 N–H and O–H groups in total. The fraction of sp³-hybridized carbons (Fsp3) is 0.700. The summed E-state index contributed by atoms with van der Waals surface area (Å²) >= 11 is 0. The highest BCUT2D eigenvalue weighted by Crippen LogP contribution is 2.28. The molecule has 0 aliphatic carbocycles. The van der Waals surface area contributed by atoms with Crippen LogP contribution in [0.1, 0.15) is 32.6 Å². The lowest BCUT2D eigenvalue weighted by Gasteiger charge is -1.91. The maximum atomic E-state index is 9.96. The van der Waals surface area contributed by atoms with Crippen molar-refractivity contribution in [2.45, 2.75) is 44.8 Å². The second-order valence-electron chi connectivity index (χ2n) is 3.16. The number of hydrogen-bond donors (Lipinski definition) is 0. The van der Waals surface area contributed by atoms with Crippen molar-refractivity contribution < 1.29 is 9.53 Å². The Balaban J connectivity index is 2.00. The number of epoxide rings is 1. The van der Waals surface area contributed by atoms with Crippen molar-refractivity contribution in [3.8, 4) is 0 Å². The lowest BCUT2D eigenvalue weighted by Crippen LogP contribution is -1.90. The Morgan fingerprint density at radius 3 is 2.92 bits per heavy atom. The zero-order valence-electron chi connectivity index (χ0n) is 7.53. The molecule has 0 spiro atoms. The molecule has 2 heteroatoms. The molecule has 0 aromatic carbocycles. The average molecular weight is 168 g/mol. The fourth-order valence-corrected chi connectivity index (χ4v) is 1.31. The van der Waals surface area contributed by atoms with E-state index in [1.165, 1.54) is 25.3 Å². The second kappa shape index (κ2) is 5.09. The zero-order chi connectivity index (χ0) is 8.81. The monoisotopic (exact) mass is 168 g/mol. The van der Waals surface area contributed by atoms with Gasteiger partial charge in [0, 0.05) is 0 Å². The fourth-order valence-electron chi connectivity index (χ4n) is 1.31. The first kappa shape index (κ1) is 9.46. The summed E-state index contributed by atoms with van der Waals surface area (Å²) in [5.74, 6) is 0. The van der Waals surface area contributed by atoms with Gasteiger partial charge in [0.05, 0.1) is 6.10 Å². The number of carbonyl (C=O) groups is 1. The van der Waals surface area contributed by atoms with Crippen LogP contribution in [0.25, 0.3) is 0 Å². The minimum absolute atomic E-state index is 0.229. The molecule has 0 radical (unpaired) electrons. The van der Waals surface area contributed by atoms with Gasteiger partial charge in [-0.3, -0.25) is 4.79 Å². The SMILES string of the molecule is CCCCC[C@@H]1O[C@H]1/C=C/C=O. The van der Waals surface area contributed by atoms with Crippen molar-refractivity contribution in [3.05, 3.63) is 12.2 Å². The minimum atomic E-state index is 0.229. The number of unbranched alkanes of at least 4 members (excludes halogenated alkanes) is 2. The molecule has 0 amide bonds. The summed E-state index contributed by atoms with van der Waals surface area (Å²) in [6.07, 6.45) is 9.69. The van der Waals surface area contributed by atoms with Gasteiger partial charge in [-0.1, -0.05) is 32.3 Å². The molecule has 1 aliphatic rings. The average Bonchev–Trinajstić information content (AvgIpc) is 2.81. The van der Waals surface area contributed by atoms with Crippen molar-refractivity contribution in [1.82, 2.24) is 0 Å². The van der Waals surface area contributed by atoms with Crippen LogP contribution in [0.4, 0.5) is 0 Å². The molecule has 0 aromatic heterocycles. The Morgan fingerprint density at radius 1 is 1.42 bits per heavy atom. The number of rotatable bonds is 6. The van der Waals surface area contributed by atoms with E-state index in [2.05, 4.69) is 6.92 Å². The van der Waals surface area contributed by atoms with Gasteiger partial charge in [-0.15, -0.1) is 0 Å². The maximum Gasteiger partial charge on any atom is 0.142 e. The van der Waals surface area contributed by atoms with E-state index >= 15 is 0 Å². The van der Waals surface area contributed by atoms with Crippen LogP contribution in [-0.2, 0) is 9.53 Å². The van der Waals surface area contributed by atoms with Gasteiger partial charge in [0.1, 0.15) is 12.4 Å². The Kier molecular flexibility index (Phi) is 4.01. The molecule has 1 fully saturated rings. The van der Waals surface area contributed by atoms with Gasteiger partial charge in [-0.25, -0.2) is 0 Å². The molecule has 2 nitrogen and oxygen atoms in total. The lowest BCUT2D eigenvalue weighted by molar-refractivity contribution is -0.104. The summed E-state index contributed by atoms with van der Waals surface area (Å²) in [7, 11) is 0. The molecule has 1 aliphatic heterocycles. The van der Waals surface area contributed by atoms with Crippen LogP contribution >= 0.6 is 0 Å². The van der Waals surface area contributed by atoms with Crippen molar-refractivity contribution in [1.29, 1.82) is 0 Å². The van der Waals surface area contributed by atoms with E-state index in [-0.39, 0.29) is 6.10 Å². The predicted octanol–water partition coefficient (Wildman–Crippen LogP) is 2.09. The normalized spacial score (nSPS) is 27.8. The summed E-state index contributed by atoms with van der Waals surface area (Å²) in [6, 6.07) is 0. The topological polar surface area (TPSA) is 29.6 Å². The van der Waals surface area contributed by atoms with Gasteiger partial charge in [0.25, 0.3) is 0 Å². The molecule has 0 aromatic rings. The van der Waals surface area contributed by atoms with Gasteiger partial charge in [0.15, 0.2) is 0 Å². The van der Waals surface area contributed by atoms with Crippen LogP contribution < -0.4 is 0 Å². The van der Waals surface area contributed by atoms with E-state index < -0.39 is 0 Å². The van der Waals surface area contributed by atoms with Gasteiger partial charge in [-0.05, 0) is 12.5 Å². The van der Waals surface area contributed by atoms with Crippen LogP contribution in [0.15, 0.2) is 12.2 Å². The number of aldehydes is 1. The van der Waals surface area contributed by atoms with Gasteiger partial charge < -0.3 is 4.74 Å². The number of carbonyl (C=O) groups excluding carboxylic acids is 1. The Bertz CT molecular complexity index is 163. The van der Waals surface area contributed by atoms with E-state index in [1.54, 1.807) is 0 Å². The van der Waals surface area contributed by atoms with Crippen LogP contribution in [0.5, 0.6) is 0 Å². The number of allylic oxidation sites excluding steroid dienone is 1. The smallest absolute Gasteiger partial charge is 0.142 e. The van der Waals surface area contributed by atoms with Crippen LogP contribution in [0.2, 0.25) is 0 Å². The minimum Gasteiger partial charge on any atom is -0.365 e. The third-order valence-corrected chi connectivity index (χ3v) is 2.09. The molecule has 1 heterocycles. The largest absolute Gasteiger partial charge is 0.365 e. The summed E-state index contributed by atoms with van der Waals surface area (Å²) in [5.41, 5.74) is 0. The number of hydrogen-bond acceptors (Lipinski definition) is 2. The third kappa shape index (κ3) is 3.18. The first-order valence-corrected chi connectivity index (χ1v) is 4.66. The molecular formula is C10H16O2. The first-order valence-electron chi connectivity index (χ1n) is 4.66. The van der Waals surface area contributed by atoms with Gasteiger partial charge in [-0.2, -0.15) is 0 Å². The van der Waals surface area contributed by atoms with E-state index in [0.29, 0.717) is 6.10 Å². The molecular weight excluding hydrogens is 152 g/mol. The third-order valence-electron chi connectivity index (χ3n) is 2.09. The highest BCUT2D eigenvalue weighted by Gasteiger charge is 2.35. The summed E-state index contributed by atoms with van der Waals surface area (Å²) in [5, 5.41) is 0. The zero-order valence-corrected chi connectivity index (χ0v) is 7.53. The molecule has 1 saturated heterocycles. The predicted molar refractivity (Wildman–Crippen MR) is 48.0 cm³/mol. The van der Waals surface area contributed by atoms with Crippen LogP contribution in [0.3, 0.4) is 0 Å². The van der Waals surface area contributed by atoms with E-state index in [1.807, 2.05) is 6.08 Å². The molecule has 0 unspecified atom stereocenters. The summed E-state index contributed by atoms with van der Waals surface area (Å²) < 4.78 is 5.32. The molecule has 2 atom stereocenters. The highest BCUT2D eigenvalue weighted by molar-refractivity contribution is 5.64. The molecule has 1 rings (SSSR count). The molecule has 0 bridgehead atoms. The Labute approximate surface area is 73.6 Å². The van der Waals surface area contributed by atoms with E-state index in [0.717, 1.165) is 12.7 Å². The van der Waals surface area contributed by atoms with Crippen molar-refractivity contribution in [3.63, 3.8) is 0 Å².